The highest BCUT2D eigenvalue weighted by Crippen LogP contribution is 2.30. The van der Waals surface area contributed by atoms with E-state index in [0.717, 1.165) is 23.2 Å². The van der Waals surface area contributed by atoms with Gasteiger partial charge in [-0.05, 0) is 38.3 Å². The van der Waals surface area contributed by atoms with Crippen molar-refractivity contribution in [3.63, 3.8) is 0 Å². The highest BCUT2D eigenvalue weighted by atomic mass is 16.3. The lowest BCUT2D eigenvalue weighted by molar-refractivity contribution is -0.121. The van der Waals surface area contributed by atoms with E-state index in [0.29, 0.717) is 29.8 Å². The average Bonchev–Trinajstić information content (AvgIpc) is 3.19. The number of nitrogens with zero attached hydrogens (tertiary/aromatic N) is 3. The van der Waals surface area contributed by atoms with Gasteiger partial charge in [-0.15, -0.1) is 0 Å². The van der Waals surface area contributed by atoms with Crippen LogP contribution in [0, 0.1) is 13.8 Å². The summed E-state index contributed by atoms with van der Waals surface area (Å²) in [5.41, 5.74) is 2.99. The molecule has 3 aromatic rings. The molecule has 0 unspecified atom stereocenters. The van der Waals surface area contributed by atoms with Crippen molar-refractivity contribution in [2.24, 2.45) is 0 Å². The lowest BCUT2D eigenvalue weighted by Gasteiger charge is -2.24. The summed E-state index contributed by atoms with van der Waals surface area (Å²) in [7, 11) is 0. The monoisotopic (exact) mass is 351 g/mol. The molecule has 0 aliphatic carbocycles. The maximum Gasteiger partial charge on any atom is 0.265 e. The highest BCUT2D eigenvalue weighted by molar-refractivity contribution is 5.98. The predicted octanol–water partition coefficient (Wildman–Crippen LogP) is 3.15. The van der Waals surface area contributed by atoms with Crippen LogP contribution in [0.3, 0.4) is 0 Å². The molecule has 1 aliphatic rings. The molecule has 0 fully saturated rings. The van der Waals surface area contributed by atoms with Crippen LogP contribution in [0.4, 0.5) is 5.69 Å². The maximum atomic E-state index is 13.2. The Morgan fingerprint density at radius 3 is 2.85 bits per heavy atom. The van der Waals surface area contributed by atoms with Crippen molar-refractivity contribution in [1.82, 2.24) is 9.55 Å². The van der Waals surface area contributed by atoms with Crippen molar-refractivity contribution in [2.75, 3.05) is 11.4 Å². The van der Waals surface area contributed by atoms with Crippen LogP contribution in [0.15, 0.2) is 39.8 Å². The lowest BCUT2D eigenvalue weighted by atomic mass is 10.1. The molecule has 1 atom stereocenters. The Morgan fingerprint density at radius 2 is 2.08 bits per heavy atom. The van der Waals surface area contributed by atoms with E-state index in [1.54, 1.807) is 4.90 Å². The van der Waals surface area contributed by atoms with E-state index < -0.39 is 6.04 Å². The van der Waals surface area contributed by atoms with E-state index in [-0.39, 0.29) is 11.5 Å². The first kappa shape index (κ1) is 16.6. The lowest BCUT2D eigenvalue weighted by Crippen LogP contribution is -2.39. The first-order valence-electron chi connectivity index (χ1n) is 8.89. The molecular formula is C20H21N3O3. The van der Waals surface area contributed by atoms with Crippen molar-refractivity contribution >= 4 is 22.7 Å². The zero-order valence-corrected chi connectivity index (χ0v) is 15.2. The van der Waals surface area contributed by atoms with Gasteiger partial charge in [-0.2, -0.15) is 0 Å². The van der Waals surface area contributed by atoms with Gasteiger partial charge in [-0.1, -0.05) is 25.1 Å². The number of amides is 1. The van der Waals surface area contributed by atoms with Crippen molar-refractivity contribution in [3.05, 3.63) is 57.8 Å². The van der Waals surface area contributed by atoms with Crippen molar-refractivity contribution in [2.45, 2.75) is 39.7 Å². The van der Waals surface area contributed by atoms with Gasteiger partial charge in [0.25, 0.3) is 5.56 Å². The highest BCUT2D eigenvalue weighted by Gasteiger charge is 2.31. The molecule has 2 aromatic heterocycles. The predicted molar refractivity (Wildman–Crippen MR) is 99.6 cm³/mol. The fourth-order valence-electron chi connectivity index (χ4n) is 3.71. The molecule has 26 heavy (non-hydrogen) atoms. The summed E-state index contributed by atoms with van der Waals surface area (Å²) < 4.78 is 6.99. The third-order valence-corrected chi connectivity index (χ3v) is 5.28. The topological polar surface area (TPSA) is 68.3 Å². The molecular weight excluding hydrogens is 330 g/mol. The zero-order chi connectivity index (χ0) is 18.4. The number of carbonyl (C=O) groups is 1. The van der Waals surface area contributed by atoms with Crippen molar-refractivity contribution < 1.29 is 9.21 Å². The summed E-state index contributed by atoms with van der Waals surface area (Å²) in [5.74, 6) is 0.605. The van der Waals surface area contributed by atoms with E-state index in [1.807, 2.05) is 45.0 Å². The molecule has 134 valence electrons. The normalized spacial score (nSPS) is 14.7. The quantitative estimate of drug-likeness (QED) is 0.727. The van der Waals surface area contributed by atoms with Gasteiger partial charge in [0.1, 0.15) is 23.5 Å². The van der Waals surface area contributed by atoms with Crippen LogP contribution in [0.25, 0.3) is 11.1 Å². The average molecular weight is 351 g/mol. The van der Waals surface area contributed by atoms with E-state index in [4.69, 9.17) is 4.42 Å². The molecule has 1 aromatic carbocycles. The third kappa shape index (κ3) is 2.36. The molecule has 0 spiro atoms. The minimum absolute atomic E-state index is 0.0708. The van der Waals surface area contributed by atoms with Crippen LogP contribution < -0.4 is 10.5 Å². The molecule has 4 rings (SSSR count). The molecule has 0 radical (unpaired) electrons. The number of anilines is 1. The number of fused-ring (bicyclic) bond motifs is 2. The molecule has 0 bridgehead atoms. The van der Waals surface area contributed by atoms with E-state index >= 15 is 0 Å². The minimum Gasteiger partial charge on any atom is -0.443 e. The van der Waals surface area contributed by atoms with Crippen LogP contribution in [0.5, 0.6) is 0 Å². The first-order valence-corrected chi connectivity index (χ1v) is 8.89. The molecule has 0 saturated heterocycles. The second kappa shape index (κ2) is 6.12. The van der Waals surface area contributed by atoms with E-state index in [2.05, 4.69) is 4.98 Å². The number of aromatic nitrogens is 2. The van der Waals surface area contributed by atoms with Gasteiger partial charge in [0.15, 0.2) is 0 Å². The van der Waals surface area contributed by atoms with Crippen LogP contribution >= 0.6 is 0 Å². The smallest absolute Gasteiger partial charge is 0.265 e. The van der Waals surface area contributed by atoms with Gasteiger partial charge in [0, 0.05) is 17.8 Å². The minimum atomic E-state index is -0.583. The molecule has 1 aliphatic heterocycles. The number of hydrogen-bond acceptors (Lipinski definition) is 4. The summed E-state index contributed by atoms with van der Waals surface area (Å²) >= 11 is 0. The first-order chi connectivity index (χ1) is 12.5. The van der Waals surface area contributed by atoms with E-state index in [9.17, 15) is 9.59 Å². The number of rotatable bonds is 3. The Balaban J connectivity index is 1.78. The summed E-state index contributed by atoms with van der Waals surface area (Å²) in [6.45, 7) is 6.20. The Hall–Kier alpha value is -2.89. The molecule has 1 amide bonds. The van der Waals surface area contributed by atoms with Gasteiger partial charge in [0.05, 0.1) is 0 Å². The number of benzene rings is 1. The van der Waals surface area contributed by atoms with Crippen LogP contribution in [0.2, 0.25) is 0 Å². The number of para-hydroxylation sites is 1. The van der Waals surface area contributed by atoms with Crippen LogP contribution in [0.1, 0.15) is 36.3 Å². The Bertz CT molecular complexity index is 1060. The maximum absolute atomic E-state index is 13.2. The Morgan fingerprint density at radius 1 is 1.31 bits per heavy atom. The van der Waals surface area contributed by atoms with Gasteiger partial charge < -0.3 is 9.32 Å². The Labute approximate surface area is 151 Å². The molecule has 3 heterocycles. The van der Waals surface area contributed by atoms with Gasteiger partial charge in [-0.25, -0.2) is 4.98 Å². The number of aryl methyl sites for hydroxylation is 2. The van der Waals surface area contributed by atoms with Gasteiger partial charge in [0.2, 0.25) is 11.6 Å². The third-order valence-electron chi connectivity index (χ3n) is 5.28. The summed E-state index contributed by atoms with van der Waals surface area (Å²) in [6, 6.07) is 7.33. The number of hydrogen-bond donors (Lipinski definition) is 0. The fraction of sp³-hybridized carbons (Fsp3) is 0.350. The molecule has 0 N–H and O–H groups in total. The molecule has 0 saturated carbocycles. The Kier molecular flexibility index (Phi) is 3.90. The second-order valence-corrected chi connectivity index (χ2v) is 6.71. The SMILES string of the molecule is CC[C@H](C(=O)N1CCc2ccccc21)n1cnc2oc(C)c(C)c2c1=O. The van der Waals surface area contributed by atoms with Gasteiger partial charge in [-0.3, -0.25) is 14.2 Å². The number of furan rings is 1. The zero-order valence-electron chi connectivity index (χ0n) is 15.2. The van der Waals surface area contributed by atoms with Crippen molar-refractivity contribution in [3.8, 4) is 0 Å². The standard InChI is InChI=1S/C20H21N3O3/c1-4-15(19(24)22-10-9-14-7-5-6-8-16(14)22)23-11-21-18-17(20(23)25)12(2)13(3)26-18/h5-8,11,15H,4,9-10H2,1-3H3/t15-/m1/s1. The molecule has 6 nitrogen and oxygen atoms in total. The summed E-state index contributed by atoms with van der Waals surface area (Å²) in [4.78, 5) is 32.3. The van der Waals surface area contributed by atoms with Crippen LogP contribution in [-0.2, 0) is 11.2 Å². The number of carbonyl (C=O) groups excluding carboxylic acids is 1. The molecule has 6 heteroatoms. The largest absolute Gasteiger partial charge is 0.443 e. The second-order valence-electron chi connectivity index (χ2n) is 6.71. The summed E-state index contributed by atoms with van der Waals surface area (Å²) in [5, 5.41) is 0.457. The van der Waals surface area contributed by atoms with Crippen LogP contribution in [-0.4, -0.2) is 22.0 Å². The van der Waals surface area contributed by atoms with E-state index in [1.165, 1.54) is 10.9 Å². The fourth-order valence-corrected chi connectivity index (χ4v) is 3.71. The van der Waals surface area contributed by atoms with Crippen molar-refractivity contribution in [1.29, 1.82) is 0 Å². The summed E-state index contributed by atoms with van der Waals surface area (Å²) in [6.07, 6.45) is 2.78. The van der Waals surface area contributed by atoms with Gasteiger partial charge >= 0.3 is 0 Å².